The van der Waals surface area contributed by atoms with Crippen molar-refractivity contribution >= 4 is 5.97 Å². The van der Waals surface area contributed by atoms with Gasteiger partial charge in [0.1, 0.15) is 0 Å². The highest BCUT2D eigenvalue weighted by Crippen LogP contribution is 2.18. The van der Waals surface area contributed by atoms with Crippen molar-refractivity contribution in [2.45, 2.75) is 40.4 Å². The van der Waals surface area contributed by atoms with Gasteiger partial charge < -0.3 is 9.30 Å². The second kappa shape index (κ2) is 10.3. The van der Waals surface area contributed by atoms with Gasteiger partial charge in [0.15, 0.2) is 0 Å². The quantitative estimate of drug-likeness (QED) is 0.455. The number of rotatable bonds is 9. The lowest BCUT2D eigenvalue weighted by molar-refractivity contribution is 0.0598. The third kappa shape index (κ3) is 5.61. The van der Waals surface area contributed by atoms with E-state index in [9.17, 15) is 4.79 Å². The fourth-order valence-electron chi connectivity index (χ4n) is 3.86. The zero-order valence-electron chi connectivity index (χ0n) is 18.5. The molecule has 3 aromatic rings. The standard InChI is InChI=1S/C26H32N2O2/c1-20(2)16-27(17-23-12-7-8-14-25(23)26(29)30-4)19-24-13-9-15-28(24)18-22-11-6-5-10-21(22)3/h5-15,20H,16-19H2,1-4H3. The van der Waals surface area contributed by atoms with Crippen molar-refractivity contribution in [1.29, 1.82) is 0 Å². The Balaban J connectivity index is 1.81. The zero-order valence-corrected chi connectivity index (χ0v) is 18.5. The van der Waals surface area contributed by atoms with Gasteiger partial charge in [0.2, 0.25) is 0 Å². The van der Waals surface area contributed by atoms with Crippen LogP contribution in [-0.4, -0.2) is 29.1 Å². The largest absolute Gasteiger partial charge is 0.465 e. The number of benzene rings is 2. The molecule has 0 amide bonds. The van der Waals surface area contributed by atoms with Crippen LogP contribution in [0, 0.1) is 12.8 Å². The fourth-order valence-corrected chi connectivity index (χ4v) is 3.86. The second-order valence-corrected chi connectivity index (χ2v) is 8.27. The number of esters is 1. The van der Waals surface area contributed by atoms with E-state index in [0.29, 0.717) is 18.0 Å². The molecule has 0 aliphatic rings. The summed E-state index contributed by atoms with van der Waals surface area (Å²) in [5.74, 6) is 0.244. The van der Waals surface area contributed by atoms with Crippen molar-refractivity contribution in [1.82, 2.24) is 9.47 Å². The SMILES string of the molecule is COC(=O)c1ccccc1CN(Cc1cccn1Cc1ccccc1C)CC(C)C. The number of methoxy groups -OCH3 is 1. The molecule has 2 aromatic carbocycles. The zero-order chi connectivity index (χ0) is 21.5. The molecule has 0 N–H and O–H groups in total. The number of hydrogen-bond acceptors (Lipinski definition) is 3. The Labute approximate surface area is 180 Å². The van der Waals surface area contributed by atoms with Crippen LogP contribution >= 0.6 is 0 Å². The molecule has 1 aromatic heterocycles. The molecule has 4 heteroatoms. The molecule has 0 unspecified atom stereocenters. The van der Waals surface area contributed by atoms with Gasteiger partial charge in [0.25, 0.3) is 0 Å². The number of carbonyl (C=O) groups excluding carboxylic acids is 1. The van der Waals surface area contributed by atoms with E-state index < -0.39 is 0 Å². The van der Waals surface area contributed by atoms with Crippen LogP contribution in [0.5, 0.6) is 0 Å². The van der Waals surface area contributed by atoms with Gasteiger partial charge in [0.05, 0.1) is 12.7 Å². The first-order chi connectivity index (χ1) is 14.5. The Morgan fingerprint density at radius 2 is 1.67 bits per heavy atom. The maximum Gasteiger partial charge on any atom is 0.338 e. The monoisotopic (exact) mass is 404 g/mol. The summed E-state index contributed by atoms with van der Waals surface area (Å²) >= 11 is 0. The number of aromatic nitrogens is 1. The fraction of sp³-hybridized carbons (Fsp3) is 0.346. The molecule has 30 heavy (non-hydrogen) atoms. The van der Waals surface area contributed by atoms with Crippen LogP contribution in [0.25, 0.3) is 0 Å². The van der Waals surface area contributed by atoms with E-state index in [1.165, 1.54) is 23.9 Å². The van der Waals surface area contributed by atoms with E-state index in [-0.39, 0.29) is 5.97 Å². The highest BCUT2D eigenvalue weighted by Gasteiger charge is 2.17. The molecule has 1 heterocycles. The predicted octanol–water partition coefficient (Wildman–Crippen LogP) is 5.29. The molecule has 0 aliphatic carbocycles. The second-order valence-electron chi connectivity index (χ2n) is 8.27. The van der Waals surface area contributed by atoms with Gasteiger partial charge in [-0.25, -0.2) is 4.79 Å². The molecule has 4 nitrogen and oxygen atoms in total. The minimum atomic E-state index is -0.280. The molecule has 0 bridgehead atoms. The predicted molar refractivity (Wildman–Crippen MR) is 121 cm³/mol. The van der Waals surface area contributed by atoms with Gasteiger partial charge in [-0.3, -0.25) is 4.90 Å². The minimum absolute atomic E-state index is 0.280. The minimum Gasteiger partial charge on any atom is -0.465 e. The van der Waals surface area contributed by atoms with Crippen molar-refractivity contribution in [3.63, 3.8) is 0 Å². The molecule has 0 fully saturated rings. The molecule has 0 saturated heterocycles. The van der Waals surface area contributed by atoms with Crippen LogP contribution in [-0.2, 0) is 24.4 Å². The first-order valence-electron chi connectivity index (χ1n) is 10.5. The van der Waals surface area contributed by atoms with Gasteiger partial charge in [-0.1, -0.05) is 56.3 Å². The first kappa shape index (κ1) is 21.8. The summed E-state index contributed by atoms with van der Waals surface area (Å²) in [6.45, 7) is 9.96. The molecule has 0 atom stereocenters. The summed E-state index contributed by atoms with van der Waals surface area (Å²) in [6.07, 6.45) is 2.15. The van der Waals surface area contributed by atoms with Gasteiger partial charge in [0, 0.05) is 38.1 Å². The van der Waals surface area contributed by atoms with E-state index >= 15 is 0 Å². The van der Waals surface area contributed by atoms with Gasteiger partial charge in [-0.15, -0.1) is 0 Å². The molecular weight excluding hydrogens is 372 g/mol. The Hall–Kier alpha value is -2.85. The molecule has 0 saturated carbocycles. The normalized spacial score (nSPS) is 11.3. The molecule has 158 valence electrons. The van der Waals surface area contributed by atoms with Crippen molar-refractivity contribution in [2.24, 2.45) is 5.92 Å². The lowest BCUT2D eigenvalue weighted by Crippen LogP contribution is -2.29. The number of ether oxygens (including phenoxy) is 1. The smallest absolute Gasteiger partial charge is 0.338 e. The average molecular weight is 405 g/mol. The lowest BCUT2D eigenvalue weighted by Gasteiger charge is -2.26. The van der Waals surface area contributed by atoms with Crippen molar-refractivity contribution in [3.8, 4) is 0 Å². The van der Waals surface area contributed by atoms with Crippen molar-refractivity contribution < 1.29 is 9.53 Å². The molecule has 0 spiro atoms. The van der Waals surface area contributed by atoms with Crippen LogP contribution in [0.4, 0.5) is 0 Å². The Kier molecular flexibility index (Phi) is 7.47. The van der Waals surface area contributed by atoms with Gasteiger partial charge in [-0.2, -0.15) is 0 Å². The first-order valence-corrected chi connectivity index (χ1v) is 10.5. The molecule has 0 aliphatic heterocycles. The molecule has 3 rings (SSSR count). The highest BCUT2D eigenvalue weighted by atomic mass is 16.5. The van der Waals surface area contributed by atoms with Crippen LogP contribution in [0.3, 0.4) is 0 Å². The number of nitrogens with zero attached hydrogens (tertiary/aromatic N) is 2. The molecule has 0 radical (unpaired) electrons. The summed E-state index contributed by atoms with van der Waals surface area (Å²) in [5, 5.41) is 0. The van der Waals surface area contributed by atoms with Crippen LogP contribution in [0.2, 0.25) is 0 Å². The van der Waals surface area contributed by atoms with E-state index in [1.807, 2.05) is 24.3 Å². The summed E-state index contributed by atoms with van der Waals surface area (Å²) in [5.41, 5.74) is 5.56. The van der Waals surface area contributed by atoms with Crippen molar-refractivity contribution in [3.05, 3.63) is 94.8 Å². The number of aryl methyl sites for hydroxylation is 1. The third-order valence-corrected chi connectivity index (χ3v) is 5.35. The van der Waals surface area contributed by atoms with E-state index in [2.05, 4.69) is 72.8 Å². The van der Waals surface area contributed by atoms with E-state index in [1.54, 1.807) is 0 Å². The Bertz CT molecular complexity index is 974. The van der Waals surface area contributed by atoms with Gasteiger partial charge in [-0.05, 0) is 47.7 Å². The summed E-state index contributed by atoms with van der Waals surface area (Å²) in [4.78, 5) is 14.6. The lowest BCUT2D eigenvalue weighted by atomic mass is 10.1. The summed E-state index contributed by atoms with van der Waals surface area (Å²) in [6, 6.07) is 20.6. The van der Waals surface area contributed by atoms with Crippen LogP contribution in [0.15, 0.2) is 66.9 Å². The maximum absolute atomic E-state index is 12.2. The Morgan fingerprint density at radius 1 is 0.967 bits per heavy atom. The van der Waals surface area contributed by atoms with E-state index in [4.69, 9.17) is 4.74 Å². The highest BCUT2D eigenvalue weighted by molar-refractivity contribution is 5.90. The van der Waals surface area contributed by atoms with Gasteiger partial charge >= 0.3 is 5.97 Å². The van der Waals surface area contributed by atoms with Crippen LogP contribution in [0.1, 0.15) is 46.6 Å². The average Bonchev–Trinajstić information content (AvgIpc) is 3.15. The summed E-state index contributed by atoms with van der Waals surface area (Å²) in [7, 11) is 1.43. The van der Waals surface area contributed by atoms with Crippen LogP contribution < -0.4 is 0 Å². The maximum atomic E-state index is 12.2. The van der Waals surface area contributed by atoms with E-state index in [0.717, 1.165) is 25.2 Å². The Morgan fingerprint density at radius 3 is 2.37 bits per heavy atom. The third-order valence-electron chi connectivity index (χ3n) is 5.35. The van der Waals surface area contributed by atoms with Crippen molar-refractivity contribution in [2.75, 3.05) is 13.7 Å². The number of carbonyl (C=O) groups is 1. The number of hydrogen-bond donors (Lipinski definition) is 0. The summed E-state index contributed by atoms with van der Waals surface area (Å²) < 4.78 is 7.30. The molecular formula is C26H32N2O2. The topological polar surface area (TPSA) is 34.5 Å².